The third-order valence-corrected chi connectivity index (χ3v) is 4.71. The molecular weight excluding hydrogens is 240 g/mol. The maximum absolute atomic E-state index is 11.8. The normalized spacial score (nSPS) is 23.9. The molecule has 6 heteroatoms. The fourth-order valence-corrected chi connectivity index (χ4v) is 2.52. The lowest BCUT2D eigenvalue weighted by molar-refractivity contribution is -0.117. The average Bonchev–Trinajstić information content (AvgIpc) is 2.64. The summed E-state index contributed by atoms with van der Waals surface area (Å²) < 4.78 is 25.8. The number of carbonyl (C=O) groups is 1. The summed E-state index contributed by atoms with van der Waals surface area (Å²) in [6, 6.07) is 0.0924. The van der Waals surface area contributed by atoms with Gasteiger partial charge in [0.05, 0.1) is 11.3 Å². The second-order valence-corrected chi connectivity index (χ2v) is 6.80. The monoisotopic (exact) mass is 256 g/mol. The van der Waals surface area contributed by atoms with Gasteiger partial charge in [-0.2, -0.15) is 0 Å². The fraction of sp³-hybridized carbons (Fsp3) is 0.545. The van der Waals surface area contributed by atoms with Gasteiger partial charge in [0, 0.05) is 19.2 Å². The van der Waals surface area contributed by atoms with E-state index in [1.54, 1.807) is 20.0 Å². The molecule has 0 aliphatic carbocycles. The lowest BCUT2D eigenvalue weighted by Crippen LogP contribution is -2.40. The van der Waals surface area contributed by atoms with Crippen molar-refractivity contribution >= 4 is 15.8 Å². The van der Waals surface area contributed by atoms with Crippen molar-refractivity contribution in [3.63, 3.8) is 0 Å². The van der Waals surface area contributed by atoms with E-state index in [9.17, 15) is 13.2 Å². The van der Waals surface area contributed by atoms with Crippen LogP contribution in [-0.2, 0) is 14.8 Å². The Balaban J connectivity index is 2.19. The minimum absolute atomic E-state index is 0.0924. The van der Waals surface area contributed by atoms with Crippen molar-refractivity contribution in [2.75, 3.05) is 6.54 Å². The van der Waals surface area contributed by atoms with E-state index in [0.717, 1.165) is 6.54 Å². The van der Waals surface area contributed by atoms with Gasteiger partial charge in [-0.1, -0.05) is 12.2 Å². The van der Waals surface area contributed by atoms with Crippen LogP contribution in [0.4, 0.5) is 0 Å². The van der Waals surface area contributed by atoms with Crippen LogP contribution in [0, 0.1) is 0 Å². The molecule has 2 aliphatic heterocycles. The van der Waals surface area contributed by atoms with Crippen molar-refractivity contribution in [3.05, 3.63) is 24.0 Å². The SMILES string of the molecule is CC(C)S(=O)(=O)NC1=CN2CC=CC2CC1=O. The highest BCUT2D eigenvalue weighted by Gasteiger charge is 2.30. The van der Waals surface area contributed by atoms with Crippen molar-refractivity contribution in [1.82, 2.24) is 9.62 Å². The zero-order valence-electron chi connectivity index (χ0n) is 9.88. The van der Waals surface area contributed by atoms with Gasteiger partial charge < -0.3 is 4.90 Å². The van der Waals surface area contributed by atoms with Crippen LogP contribution >= 0.6 is 0 Å². The summed E-state index contributed by atoms with van der Waals surface area (Å²) in [5, 5.41) is -0.550. The first-order chi connectivity index (χ1) is 7.90. The smallest absolute Gasteiger partial charge is 0.235 e. The van der Waals surface area contributed by atoms with Crippen molar-refractivity contribution in [2.24, 2.45) is 0 Å². The summed E-state index contributed by atoms with van der Waals surface area (Å²) >= 11 is 0. The first-order valence-corrected chi connectivity index (χ1v) is 7.14. The molecule has 0 saturated heterocycles. The topological polar surface area (TPSA) is 66.5 Å². The van der Waals surface area contributed by atoms with E-state index in [4.69, 9.17) is 0 Å². The first kappa shape index (κ1) is 12.2. The van der Waals surface area contributed by atoms with Crippen molar-refractivity contribution in [3.8, 4) is 0 Å². The Bertz CT molecular complexity index is 491. The Hall–Kier alpha value is -1.30. The Morgan fingerprint density at radius 3 is 2.82 bits per heavy atom. The third kappa shape index (κ3) is 2.36. The van der Waals surface area contributed by atoms with Crippen LogP contribution in [0.5, 0.6) is 0 Å². The number of rotatable bonds is 3. The summed E-state index contributed by atoms with van der Waals surface area (Å²) in [5.41, 5.74) is 0.179. The number of fused-ring (bicyclic) bond motifs is 1. The number of nitrogens with zero attached hydrogens (tertiary/aromatic N) is 1. The van der Waals surface area contributed by atoms with Crippen LogP contribution in [0.25, 0.3) is 0 Å². The zero-order chi connectivity index (χ0) is 12.6. The van der Waals surface area contributed by atoms with Gasteiger partial charge in [-0.05, 0) is 13.8 Å². The highest BCUT2D eigenvalue weighted by Crippen LogP contribution is 2.21. The van der Waals surface area contributed by atoms with E-state index < -0.39 is 15.3 Å². The quantitative estimate of drug-likeness (QED) is 0.741. The van der Waals surface area contributed by atoms with Gasteiger partial charge in [-0.25, -0.2) is 8.42 Å². The predicted molar refractivity (Wildman–Crippen MR) is 64.5 cm³/mol. The molecule has 17 heavy (non-hydrogen) atoms. The van der Waals surface area contributed by atoms with E-state index >= 15 is 0 Å². The lowest BCUT2D eigenvalue weighted by Gasteiger charge is -2.28. The van der Waals surface area contributed by atoms with E-state index in [1.165, 1.54) is 0 Å². The fourth-order valence-electron chi connectivity index (χ4n) is 1.81. The molecule has 1 N–H and O–H groups in total. The number of allylic oxidation sites excluding steroid dienone is 1. The average molecular weight is 256 g/mol. The van der Waals surface area contributed by atoms with E-state index in [1.807, 2.05) is 17.1 Å². The molecule has 94 valence electrons. The molecule has 1 unspecified atom stereocenters. The van der Waals surface area contributed by atoms with Gasteiger partial charge in [0.25, 0.3) is 0 Å². The molecule has 0 spiro atoms. The van der Waals surface area contributed by atoms with Gasteiger partial charge in [-0.3, -0.25) is 9.52 Å². The number of hydrogen-bond donors (Lipinski definition) is 1. The molecule has 1 atom stereocenters. The molecule has 0 aromatic carbocycles. The van der Waals surface area contributed by atoms with Crippen LogP contribution in [0.3, 0.4) is 0 Å². The molecule has 0 aromatic heterocycles. The summed E-state index contributed by atoms with van der Waals surface area (Å²) in [4.78, 5) is 13.7. The first-order valence-electron chi connectivity index (χ1n) is 5.59. The molecule has 5 nitrogen and oxygen atoms in total. The minimum Gasteiger partial charge on any atom is -0.365 e. The van der Waals surface area contributed by atoms with Gasteiger partial charge in [-0.15, -0.1) is 0 Å². The van der Waals surface area contributed by atoms with Crippen LogP contribution < -0.4 is 4.72 Å². The molecule has 0 radical (unpaired) electrons. The molecule has 2 rings (SSSR count). The molecule has 2 aliphatic rings. The van der Waals surface area contributed by atoms with Gasteiger partial charge in [0.15, 0.2) is 5.78 Å². The molecule has 0 saturated carbocycles. The summed E-state index contributed by atoms with van der Waals surface area (Å²) in [5.74, 6) is -0.151. The number of ketones is 1. The van der Waals surface area contributed by atoms with Crippen molar-refractivity contribution in [1.29, 1.82) is 0 Å². The second-order valence-electron chi connectivity index (χ2n) is 4.56. The number of sulfonamides is 1. The van der Waals surface area contributed by atoms with Crippen LogP contribution in [0.1, 0.15) is 20.3 Å². The largest absolute Gasteiger partial charge is 0.365 e. The van der Waals surface area contributed by atoms with Gasteiger partial charge in [0.1, 0.15) is 5.70 Å². The van der Waals surface area contributed by atoms with Crippen molar-refractivity contribution < 1.29 is 13.2 Å². The Kier molecular flexibility index (Phi) is 2.99. The maximum Gasteiger partial charge on any atom is 0.235 e. The molecule has 0 bridgehead atoms. The molecule has 2 heterocycles. The molecule has 0 aromatic rings. The number of nitrogens with one attached hydrogen (secondary N) is 1. The van der Waals surface area contributed by atoms with Crippen molar-refractivity contribution in [2.45, 2.75) is 31.6 Å². The Labute approximate surface area is 101 Å². The zero-order valence-corrected chi connectivity index (χ0v) is 10.7. The van der Waals surface area contributed by atoms with Crippen LogP contribution in [-0.4, -0.2) is 36.9 Å². The summed E-state index contributed by atoms with van der Waals surface area (Å²) in [7, 11) is -3.45. The van der Waals surface area contributed by atoms with Gasteiger partial charge in [0.2, 0.25) is 10.0 Å². The predicted octanol–water partition coefficient (Wildman–Crippen LogP) is 0.369. The van der Waals surface area contributed by atoms with Crippen LogP contribution in [0.15, 0.2) is 24.0 Å². The number of hydrogen-bond acceptors (Lipinski definition) is 4. The lowest BCUT2D eigenvalue weighted by atomic mass is 10.1. The van der Waals surface area contributed by atoms with E-state index in [2.05, 4.69) is 4.72 Å². The standard InChI is InChI=1S/C11H16N2O3S/c1-8(2)17(15,16)12-10-7-13-5-3-4-9(13)6-11(10)14/h3-4,7-9,12H,5-6H2,1-2H3. The molecular formula is C11H16N2O3S. The maximum atomic E-state index is 11.8. The van der Waals surface area contributed by atoms with E-state index in [-0.39, 0.29) is 17.5 Å². The molecule has 0 amide bonds. The van der Waals surface area contributed by atoms with Gasteiger partial charge >= 0.3 is 0 Å². The summed E-state index contributed by atoms with van der Waals surface area (Å²) in [6.45, 7) is 3.89. The molecule has 0 fully saturated rings. The minimum atomic E-state index is -3.45. The third-order valence-electron chi connectivity index (χ3n) is 2.96. The second kappa shape index (κ2) is 4.18. The Morgan fingerprint density at radius 2 is 2.18 bits per heavy atom. The van der Waals surface area contributed by atoms with Crippen LogP contribution in [0.2, 0.25) is 0 Å². The Morgan fingerprint density at radius 1 is 1.47 bits per heavy atom. The summed E-state index contributed by atoms with van der Waals surface area (Å²) in [6.07, 6.45) is 5.90. The van der Waals surface area contributed by atoms with E-state index in [0.29, 0.717) is 6.42 Å². The number of carbonyl (C=O) groups excluding carboxylic acids is 1. The number of Topliss-reactive ketones (excluding diaryl/α,β-unsaturated/α-hetero) is 1. The highest BCUT2D eigenvalue weighted by molar-refractivity contribution is 7.90. The highest BCUT2D eigenvalue weighted by atomic mass is 32.2.